The van der Waals surface area contributed by atoms with Crippen molar-refractivity contribution in [2.45, 2.75) is 20.8 Å². The first-order valence-corrected chi connectivity index (χ1v) is 10.0. The second-order valence-corrected chi connectivity index (χ2v) is 7.57. The van der Waals surface area contributed by atoms with Crippen LogP contribution in [0.25, 0.3) is 0 Å². The molecule has 0 radical (unpaired) electrons. The average molecular weight is 405 g/mol. The minimum Gasteiger partial charge on any atom is -0.368 e. The maximum atomic E-state index is 12.6. The Balaban J connectivity index is 1.55. The third kappa shape index (κ3) is 5.35. The SMILES string of the molecule is CC(=O)c1ccc(NC(=O)/C(C)=C\C(=O)N2CCN(c3cccc(C)c3)CC2)cc1. The van der Waals surface area contributed by atoms with Gasteiger partial charge >= 0.3 is 0 Å². The molecule has 2 aromatic carbocycles. The van der Waals surface area contributed by atoms with E-state index in [1.165, 1.54) is 24.3 Å². The second kappa shape index (κ2) is 9.39. The van der Waals surface area contributed by atoms with Crippen molar-refractivity contribution in [2.75, 3.05) is 36.4 Å². The first-order valence-electron chi connectivity index (χ1n) is 10.0. The van der Waals surface area contributed by atoms with Crippen LogP contribution in [-0.4, -0.2) is 48.7 Å². The fourth-order valence-electron chi connectivity index (χ4n) is 3.37. The van der Waals surface area contributed by atoms with Gasteiger partial charge in [-0.1, -0.05) is 12.1 Å². The van der Waals surface area contributed by atoms with Gasteiger partial charge in [0.25, 0.3) is 5.91 Å². The number of hydrogen-bond donors (Lipinski definition) is 1. The van der Waals surface area contributed by atoms with Gasteiger partial charge in [0.15, 0.2) is 5.78 Å². The van der Waals surface area contributed by atoms with E-state index in [2.05, 4.69) is 35.3 Å². The molecular weight excluding hydrogens is 378 g/mol. The molecule has 2 amide bonds. The third-order valence-electron chi connectivity index (χ3n) is 5.21. The molecule has 30 heavy (non-hydrogen) atoms. The van der Waals surface area contributed by atoms with E-state index < -0.39 is 0 Å². The molecule has 1 fully saturated rings. The lowest BCUT2D eigenvalue weighted by atomic mass is 10.1. The Morgan fingerprint density at radius 2 is 1.60 bits per heavy atom. The largest absolute Gasteiger partial charge is 0.368 e. The van der Waals surface area contributed by atoms with Crippen LogP contribution in [0.5, 0.6) is 0 Å². The highest BCUT2D eigenvalue weighted by Gasteiger charge is 2.21. The molecule has 6 nitrogen and oxygen atoms in total. The van der Waals surface area contributed by atoms with E-state index in [-0.39, 0.29) is 17.6 Å². The molecule has 1 aliphatic rings. The van der Waals surface area contributed by atoms with Gasteiger partial charge in [-0.25, -0.2) is 0 Å². The lowest BCUT2D eigenvalue weighted by molar-refractivity contribution is -0.126. The van der Waals surface area contributed by atoms with Crippen LogP contribution in [0.1, 0.15) is 29.8 Å². The van der Waals surface area contributed by atoms with Gasteiger partial charge in [0.05, 0.1) is 0 Å². The first kappa shape index (κ1) is 21.3. The highest BCUT2D eigenvalue weighted by molar-refractivity contribution is 6.07. The van der Waals surface area contributed by atoms with E-state index in [0.717, 1.165) is 13.1 Å². The maximum absolute atomic E-state index is 12.6. The number of aryl methyl sites for hydroxylation is 1. The molecule has 0 unspecified atom stereocenters. The molecule has 1 heterocycles. The van der Waals surface area contributed by atoms with Gasteiger partial charge < -0.3 is 15.1 Å². The van der Waals surface area contributed by atoms with Crippen LogP contribution >= 0.6 is 0 Å². The molecule has 1 aliphatic heterocycles. The summed E-state index contributed by atoms with van der Waals surface area (Å²) in [7, 11) is 0. The van der Waals surface area contributed by atoms with Crippen LogP contribution in [0.2, 0.25) is 0 Å². The van der Waals surface area contributed by atoms with Crippen LogP contribution in [-0.2, 0) is 9.59 Å². The lowest BCUT2D eigenvalue weighted by Gasteiger charge is -2.35. The lowest BCUT2D eigenvalue weighted by Crippen LogP contribution is -2.48. The molecule has 0 atom stereocenters. The van der Waals surface area contributed by atoms with E-state index in [9.17, 15) is 14.4 Å². The van der Waals surface area contributed by atoms with Crippen molar-refractivity contribution in [3.8, 4) is 0 Å². The molecule has 0 aliphatic carbocycles. The van der Waals surface area contributed by atoms with Gasteiger partial charge in [-0.15, -0.1) is 0 Å². The van der Waals surface area contributed by atoms with Crippen LogP contribution in [0.3, 0.4) is 0 Å². The summed E-state index contributed by atoms with van der Waals surface area (Å²) in [5.74, 6) is -0.521. The Labute approximate surface area is 177 Å². The summed E-state index contributed by atoms with van der Waals surface area (Å²) < 4.78 is 0. The van der Waals surface area contributed by atoms with E-state index in [1.807, 2.05) is 6.07 Å². The minimum atomic E-state index is -0.336. The van der Waals surface area contributed by atoms with E-state index in [1.54, 1.807) is 36.1 Å². The quantitative estimate of drug-likeness (QED) is 0.611. The van der Waals surface area contributed by atoms with E-state index in [4.69, 9.17) is 0 Å². The number of rotatable bonds is 5. The standard InChI is InChI=1S/C24H27N3O3/c1-17-5-4-6-22(15-17)26-11-13-27(14-12-26)23(29)16-18(2)24(30)25-21-9-7-20(8-10-21)19(3)28/h4-10,15-16H,11-14H2,1-3H3,(H,25,30)/b18-16-. The topological polar surface area (TPSA) is 69.7 Å². The van der Waals surface area contributed by atoms with Crippen LogP contribution in [0, 0.1) is 6.92 Å². The summed E-state index contributed by atoms with van der Waals surface area (Å²) in [4.78, 5) is 40.4. The predicted molar refractivity (Wildman–Crippen MR) is 119 cm³/mol. The number of benzene rings is 2. The minimum absolute atomic E-state index is 0.0305. The third-order valence-corrected chi connectivity index (χ3v) is 5.21. The summed E-state index contributed by atoms with van der Waals surface area (Å²) >= 11 is 0. The molecule has 0 aromatic heterocycles. The molecule has 2 aromatic rings. The Bertz CT molecular complexity index is 971. The van der Waals surface area contributed by atoms with Gasteiger partial charge in [0.2, 0.25) is 5.91 Å². The van der Waals surface area contributed by atoms with Crippen LogP contribution in [0.15, 0.2) is 60.2 Å². The molecule has 1 N–H and O–H groups in total. The van der Waals surface area contributed by atoms with E-state index >= 15 is 0 Å². The fraction of sp³-hybridized carbons (Fsp3) is 0.292. The number of piperazine rings is 1. The Morgan fingerprint density at radius 3 is 2.20 bits per heavy atom. The second-order valence-electron chi connectivity index (χ2n) is 7.57. The van der Waals surface area contributed by atoms with Gasteiger partial charge in [0.1, 0.15) is 0 Å². The smallest absolute Gasteiger partial charge is 0.251 e. The van der Waals surface area contributed by atoms with Crippen molar-refractivity contribution in [3.63, 3.8) is 0 Å². The number of nitrogens with one attached hydrogen (secondary N) is 1. The maximum Gasteiger partial charge on any atom is 0.251 e. The van der Waals surface area contributed by atoms with Gasteiger partial charge in [-0.3, -0.25) is 14.4 Å². The molecule has 6 heteroatoms. The van der Waals surface area contributed by atoms with Gasteiger partial charge in [-0.05, 0) is 62.7 Å². The number of carbonyl (C=O) groups excluding carboxylic acids is 3. The number of carbonyl (C=O) groups is 3. The van der Waals surface area contributed by atoms with Crippen molar-refractivity contribution in [3.05, 3.63) is 71.3 Å². The van der Waals surface area contributed by atoms with Crippen LogP contribution < -0.4 is 10.2 Å². The van der Waals surface area contributed by atoms with E-state index in [0.29, 0.717) is 29.9 Å². The summed E-state index contributed by atoms with van der Waals surface area (Å²) in [6, 6.07) is 15.0. The zero-order chi connectivity index (χ0) is 21.7. The molecule has 0 bridgehead atoms. The average Bonchev–Trinajstić information content (AvgIpc) is 2.74. The number of Topliss-reactive ketones (excluding diaryl/α,β-unsaturated/α-hetero) is 1. The molecule has 3 rings (SSSR count). The molecule has 0 spiro atoms. The highest BCUT2D eigenvalue weighted by atomic mass is 16.2. The summed E-state index contributed by atoms with van der Waals surface area (Å²) in [5, 5.41) is 2.75. The fourth-order valence-corrected chi connectivity index (χ4v) is 3.37. The van der Waals surface area contributed by atoms with Crippen molar-refractivity contribution in [1.29, 1.82) is 0 Å². The number of hydrogen-bond acceptors (Lipinski definition) is 4. The van der Waals surface area contributed by atoms with Gasteiger partial charge in [-0.2, -0.15) is 0 Å². The normalized spacial score (nSPS) is 14.4. The van der Waals surface area contributed by atoms with Crippen molar-refractivity contribution in [2.24, 2.45) is 0 Å². The van der Waals surface area contributed by atoms with Crippen LogP contribution in [0.4, 0.5) is 11.4 Å². The van der Waals surface area contributed by atoms with Crippen molar-refractivity contribution in [1.82, 2.24) is 4.90 Å². The summed E-state index contributed by atoms with van der Waals surface area (Å²) in [5.41, 5.74) is 3.89. The molecule has 1 saturated heterocycles. The molecule has 156 valence electrons. The number of ketones is 1. The Morgan fingerprint density at radius 1 is 0.933 bits per heavy atom. The number of nitrogens with zero attached hydrogens (tertiary/aromatic N) is 2. The molecular formula is C24H27N3O3. The monoisotopic (exact) mass is 405 g/mol. The Hall–Kier alpha value is -3.41. The first-order chi connectivity index (χ1) is 14.3. The summed E-state index contributed by atoms with van der Waals surface area (Å²) in [6.45, 7) is 7.94. The molecule has 0 saturated carbocycles. The summed E-state index contributed by atoms with van der Waals surface area (Å²) in [6.07, 6.45) is 1.39. The Kier molecular flexibility index (Phi) is 6.67. The zero-order valence-corrected chi connectivity index (χ0v) is 17.6. The van der Waals surface area contributed by atoms with Gasteiger partial charge in [0, 0.05) is 54.8 Å². The predicted octanol–water partition coefficient (Wildman–Crippen LogP) is 3.43. The highest BCUT2D eigenvalue weighted by Crippen LogP contribution is 2.18. The van der Waals surface area contributed by atoms with Crippen molar-refractivity contribution >= 4 is 29.0 Å². The number of amides is 2. The number of anilines is 2. The zero-order valence-electron chi connectivity index (χ0n) is 17.6. The van der Waals surface area contributed by atoms with Crippen molar-refractivity contribution < 1.29 is 14.4 Å².